The van der Waals surface area contributed by atoms with Crippen molar-refractivity contribution in [2.24, 2.45) is 0 Å². The van der Waals surface area contributed by atoms with E-state index in [1.54, 1.807) is 43.8 Å². The summed E-state index contributed by atoms with van der Waals surface area (Å²) in [7, 11) is 1.59. The van der Waals surface area contributed by atoms with Crippen molar-refractivity contribution < 1.29 is 9.13 Å². The molecule has 0 aliphatic carbocycles. The second-order valence-electron chi connectivity index (χ2n) is 8.40. The first-order chi connectivity index (χ1) is 18.0. The number of rotatable bonds is 7. The quantitative estimate of drug-likeness (QED) is 0.324. The first-order valence-corrected chi connectivity index (χ1v) is 11.6. The summed E-state index contributed by atoms with van der Waals surface area (Å²) in [5.74, 6) is 1.50. The number of hydrogen-bond acceptors (Lipinski definition) is 10. The lowest BCUT2D eigenvalue weighted by atomic mass is 10.2. The van der Waals surface area contributed by atoms with Crippen LogP contribution in [0, 0.1) is 17.1 Å². The van der Waals surface area contributed by atoms with Gasteiger partial charge in [-0.2, -0.15) is 10.2 Å². The van der Waals surface area contributed by atoms with Gasteiger partial charge in [0.1, 0.15) is 17.3 Å². The maximum absolute atomic E-state index is 14.0. The minimum atomic E-state index is -0.494. The van der Waals surface area contributed by atoms with Gasteiger partial charge in [0.15, 0.2) is 11.6 Å². The summed E-state index contributed by atoms with van der Waals surface area (Å²) in [6.45, 7) is 3.47. The number of benzene rings is 1. The Hall–Kier alpha value is -4.76. The maximum Gasteiger partial charge on any atom is 0.272 e. The Bertz CT molecular complexity index is 1530. The molecule has 1 fully saturated rings. The molecular formula is C25H24FN9O2. The molecule has 0 amide bonds. The fourth-order valence-electron chi connectivity index (χ4n) is 4.15. The number of pyridine rings is 2. The molecule has 1 aliphatic rings. The molecule has 12 heteroatoms. The number of halogens is 1. The number of piperazine rings is 1. The number of methoxy groups -OCH3 is 1. The molecule has 1 aliphatic heterocycles. The van der Waals surface area contributed by atoms with Crippen molar-refractivity contribution >= 4 is 39.9 Å². The van der Waals surface area contributed by atoms with E-state index < -0.39 is 11.4 Å². The lowest BCUT2D eigenvalue weighted by Crippen LogP contribution is -2.46. The topological polar surface area (TPSA) is 135 Å². The Balaban J connectivity index is 1.31. The molecule has 11 nitrogen and oxygen atoms in total. The summed E-state index contributed by atoms with van der Waals surface area (Å²) in [5.41, 5.74) is 0.533. The van der Waals surface area contributed by atoms with Crippen LogP contribution in [0.1, 0.15) is 0 Å². The molecule has 1 saturated heterocycles. The van der Waals surface area contributed by atoms with E-state index >= 15 is 0 Å². The average molecular weight is 502 g/mol. The van der Waals surface area contributed by atoms with Crippen molar-refractivity contribution in [1.29, 1.82) is 5.26 Å². The third kappa shape index (κ3) is 5.26. The van der Waals surface area contributed by atoms with Crippen LogP contribution in [0.25, 0.3) is 10.9 Å². The van der Waals surface area contributed by atoms with E-state index in [0.29, 0.717) is 29.2 Å². The van der Waals surface area contributed by atoms with Crippen molar-refractivity contribution in [1.82, 2.24) is 24.8 Å². The third-order valence-electron chi connectivity index (χ3n) is 6.02. The van der Waals surface area contributed by atoms with Gasteiger partial charge in [0, 0.05) is 43.8 Å². The van der Waals surface area contributed by atoms with Gasteiger partial charge in [0.2, 0.25) is 5.95 Å². The number of aromatic nitrogens is 4. The number of H-pyrrole nitrogens is 1. The summed E-state index contributed by atoms with van der Waals surface area (Å²) in [6, 6.07) is 11.8. The number of ether oxygens (including phenoxy) is 1. The minimum absolute atomic E-state index is 0.150. The highest BCUT2D eigenvalue weighted by atomic mass is 19.1. The van der Waals surface area contributed by atoms with E-state index in [9.17, 15) is 9.18 Å². The van der Waals surface area contributed by atoms with Crippen LogP contribution in [-0.4, -0.2) is 64.7 Å². The van der Waals surface area contributed by atoms with Crippen LogP contribution >= 0.6 is 0 Å². The lowest BCUT2D eigenvalue weighted by molar-refractivity contribution is 0.285. The van der Waals surface area contributed by atoms with Crippen molar-refractivity contribution in [3.05, 3.63) is 65.0 Å². The second-order valence-corrected chi connectivity index (χ2v) is 8.40. The van der Waals surface area contributed by atoms with E-state index in [0.717, 1.165) is 32.0 Å². The summed E-state index contributed by atoms with van der Waals surface area (Å²) < 4.78 is 19.5. The Morgan fingerprint density at radius 1 is 1.16 bits per heavy atom. The van der Waals surface area contributed by atoms with Gasteiger partial charge in [-0.05, 0) is 18.2 Å². The molecule has 0 spiro atoms. The molecule has 4 heterocycles. The monoisotopic (exact) mass is 501 g/mol. The van der Waals surface area contributed by atoms with Gasteiger partial charge in [-0.25, -0.2) is 14.4 Å². The van der Waals surface area contributed by atoms with Crippen LogP contribution in [0.3, 0.4) is 0 Å². The number of fused-ring (bicyclic) bond motifs is 1. The third-order valence-corrected chi connectivity index (χ3v) is 6.02. The molecule has 0 saturated carbocycles. The zero-order valence-corrected chi connectivity index (χ0v) is 20.0. The van der Waals surface area contributed by atoms with Crippen LogP contribution in [0.4, 0.5) is 33.3 Å². The number of para-hydroxylation sites is 1. The van der Waals surface area contributed by atoms with Gasteiger partial charge in [-0.15, -0.1) is 0 Å². The number of nitrogens with one attached hydrogen (secondary N) is 3. The molecule has 1 aromatic carbocycles. The molecule has 4 aromatic rings. The average Bonchev–Trinajstić information content (AvgIpc) is 2.91. The number of hydrogen-bond donors (Lipinski definition) is 3. The van der Waals surface area contributed by atoms with Gasteiger partial charge in [0.25, 0.3) is 5.56 Å². The van der Waals surface area contributed by atoms with E-state index in [-0.39, 0.29) is 17.2 Å². The van der Waals surface area contributed by atoms with E-state index in [1.807, 2.05) is 6.07 Å². The number of nitriles is 1. The van der Waals surface area contributed by atoms with Crippen LogP contribution in [0.2, 0.25) is 0 Å². The van der Waals surface area contributed by atoms with Crippen LogP contribution in [0.5, 0.6) is 5.75 Å². The Kier molecular flexibility index (Phi) is 6.78. The van der Waals surface area contributed by atoms with E-state index in [2.05, 4.69) is 46.4 Å². The van der Waals surface area contributed by atoms with Gasteiger partial charge < -0.3 is 25.3 Å². The minimum Gasteiger partial charge on any atom is -0.493 e. The second kappa shape index (κ2) is 10.5. The van der Waals surface area contributed by atoms with Gasteiger partial charge >= 0.3 is 0 Å². The fraction of sp³-hybridized carbons (Fsp3) is 0.240. The number of aromatic amines is 1. The Labute approximate surface area is 211 Å². The number of anilines is 5. The highest BCUT2D eigenvalue weighted by molar-refractivity contribution is 5.82. The molecular weight excluding hydrogens is 477 g/mol. The normalized spacial score (nSPS) is 13.8. The Morgan fingerprint density at radius 3 is 2.78 bits per heavy atom. The first kappa shape index (κ1) is 24.0. The van der Waals surface area contributed by atoms with Crippen molar-refractivity contribution in [2.75, 3.05) is 55.4 Å². The summed E-state index contributed by atoms with van der Waals surface area (Å²) in [4.78, 5) is 32.5. The van der Waals surface area contributed by atoms with Gasteiger partial charge in [-0.3, -0.25) is 9.69 Å². The predicted molar refractivity (Wildman–Crippen MR) is 138 cm³/mol. The zero-order valence-electron chi connectivity index (χ0n) is 20.0. The van der Waals surface area contributed by atoms with E-state index in [1.165, 1.54) is 6.07 Å². The first-order valence-electron chi connectivity index (χ1n) is 11.6. The molecule has 3 N–H and O–H groups in total. The van der Waals surface area contributed by atoms with Crippen LogP contribution in [-0.2, 0) is 0 Å². The number of nitrogens with zero attached hydrogens (tertiary/aromatic N) is 6. The summed E-state index contributed by atoms with van der Waals surface area (Å²) in [5, 5.41) is 15.5. The smallest absolute Gasteiger partial charge is 0.272 e. The maximum atomic E-state index is 14.0. The van der Waals surface area contributed by atoms with Crippen molar-refractivity contribution in [3.8, 4) is 11.8 Å². The molecule has 0 atom stereocenters. The van der Waals surface area contributed by atoms with Crippen LogP contribution < -0.4 is 25.8 Å². The van der Waals surface area contributed by atoms with Crippen molar-refractivity contribution in [2.45, 2.75) is 0 Å². The van der Waals surface area contributed by atoms with Gasteiger partial charge in [0.05, 0.1) is 37.1 Å². The SMILES string of the molecule is COc1cc(Nc2nccc(Nc3cc4cccc(F)c4[nH]c3=O)n2)cnc1N1CCN(CC#N)CC1. The van der Waals surface area contributed by atoms with Crippen molar-refractivity contribution in [3.63, 3.8) is 0 Å². The zero-order chi connectivity index (χ0) is 25.8. The largest absolute Gasteiger partial charge is 0.493 e. The van der Waals surface area contributed by atoms with E-state index in [4.69, 9.17) is 10.00 Å². The summed E-state index contributed by atoms with van der Waals surface area (Å²) >= 11 is 0. The molecule has 188 valence electrons. The molecule has 0 bridgehead atoms. The molecule has 37 heavy (non-hydrogen) atoms. The van der Waals surface area contributed by atoms with Gasteiger partial charge in [-0.1, -0.05) is 12.1 Å². The molecule has 0 unspecified atom stereocenters. The molecule has 5 rings (SSSR count). The molecule has 3 aromatic heterocycles. The lowest BCUT2D eigenvalue weighted by Gasteiger charge is -2.34. The molecule has 0 radical (unpaired) electrons. The summed E-state index contributed by atoms with van der Waals surface area (Å²) in [6.07, 6.45) is 3.22. The predicted octanol–water partition coefficient (Wildman–Crippen LogP) is 2.99. The highest BCUT2D eigenvalue weighted by Gasteiger charge is 2.21. The standard InChI is InChI=1S/C25H24FN9O2/c1-37-20-14-17(15-29-23(20)35-11-9-34(8-6-27)10-12-35)30-25-28-7-5-21(32-25)31-19-13-16-3-2-4-18(26)22(16)33-24(19)36/h2-5,7,13-15H,8-12H2,1H3,(H,33,36)(H2,28,30,31,32). The highest BCUT2D eigenvalue weighted by Crippen LogP contribution is 2.30. The fourth-order valence-corrected chi connectivity index (χ4v) is 4.15. The van der Waals surface area contributed by atoms with Crippen LogP contribution in [0.15, 0.2) is 53.6 Å². The Morgan fingerprint density at radius 2 is 2.00 bits per heavy atom.